The molecule has 0 N–H and O–H groups in total. The average Bonchev–Trinajstić information content (AvgIpc) is 2.80. The Balaban J connectivity index is 1.71. The highest BCUT2D eigenvalue weighted by Crippen LogP contribution is 2.35. The van der Waals surface area contributed by atoms with Crippen LogP contribution < -0.4 is 19.8 Å². The van der Waals surface area contributed by atoms with Crippen LogP contribution in [0.15, 0.2) is 63.8 Å². The van der Waals surface area contributed by atoms with E-state index in [0.29, 0.717) is 50.6 Å². The van der Waals surface area contributed by atoms with E-state index in [0.717, 1.165) is 16.5 Å². The molecule has 164 valence electrons. The number of hydrogen-bond acceptors (Lipinski definition) is 5. The van der Waals surface area contributed by atoms with E-state index < -0.39 is 5.63 Å². The van der Waals surface area contributed by atoms with Crippen molar-refractivity contribution in [3.8, 4) is 28.4 Å². The minimum atomic E-state index is -0.424. The highest BCUT2D eigenvalue weighted by molar-refractivity contribution is 6.42. The van der Waals surface area contributed by atoms with Gasteiger partial charge in [0.1, 0.15) is 17.9 Å². The minimum Gasteiger partial charge on any atom is -0.493 e. The van der Waals surface area contributed by atoms with Gasteiger partial charge < -0.3 is 18.6 Å². The summed E-state index contributed by atoms with van der Waals surface area (Å²) in [6.07, 6.45) is 0. The Morgan fingerprint density at radius 1 is 0.875 bits per heavy atom. The number of benzene rings is 3. The number of fused-ring (bicyclic) bond motifs is 1. The largest absolute Gasteiger partial charge is 0.493 e. The Morgan fingerprint density at radius 3 is 2.38 bits per heavy atom. The molecule has 0 saturated heterocycles. The van der Waals surface area contributed by atoms with Gasteiger partial charge in [-0.25, -0.2) is 4.79 Å². The molecular formula is C25H20Cl2O5. The molecule has 0 aliphatic rings. The van der Waals surface area contributed by atoms with Crippen LogP contribution in [-0.4, -0.2) is 14.2 Å². The molecule has 7 heteroatoms. The van der Waals surface area contributed by atoms with Crippen LogP contribution in [-0.2, 0) is 6.61 Å². The molecular weight excluding hydrogens is 451 g/mol. The van der Waals surface area contributed by atoms with Crippen molar-refractivity contribution in [2.75, 3.05) is 14.2 Å². The molecule has 1 heterocycles. The van der Waals surface area contributed by atoms with Crippen LogP contribution in [0.1, 0.15) is 11.1 Å². The topological polar surface area (TPSA) is 57.9 Å². The van der Waals surface area contributed by atoms with Gasteiger partial charge in [0.25, 0.3) is 0 Å². The third kappa shape index (κ3) is 4.27. The molecule has 5 nitrogen and oxygen atoms in total. The van der Waals surface area contributed by atoms with E-state index in [9.17, 15) is 4.79 Å². The van der Waals surface area contributed by atoms with E-state index in [1.165, 1.54) is 0 Å². The monoisotopic (exact) mass is 470 g/mol. The lowest BCUT2D eigenvalue weighted by atomic mass is 9.99. The van der Waals surface area contributed by atoms with Gasteiger partial charge in [0.2, 0.25) is 0 Å². The van der Waals surface area contributed by atoms with Crippen molar-refractivity contribution < 1.29 is 18.6 Å². The molecule has 0 bridgehead atoms. The number of aryl methyl sites for hydroxylation is 1. The quantitative estimate of drug-likeness (QED) is 0.294. The molecule has 32 heavy (non-hydrogen) atoms. The number of ether oxygens (including phenoxy) is 3. The predicted molar refractivity (Wildman–Crippen MR) is 127 cm³/mol. The molecule has 1 aromatic heterocycles. The molecule has 0 unspecified atom stereocenters. The molecule has 4 aromatic rings. The summed E-state index contributed by atoms with van der Waals surface area (Å²) < 4.78 is 22.2. The number of rotatable bonds is 6. The van der Waals surface area contributed by atoms with Gasteiger partial charge in [-0.3, -0.25) is 0 Å². The Bertz CT molecular complexity index is 1360. The van der Waals surface area contributed by atoms with E-state index in [1.54, 1.807) is 56.7 Å². The maximum atomic E-state index is 12.8. The highest BCUT2D eigenvalue weighted by atomic mass is 35.5. The standard InChI is InChI=1S/C25H20Cl2O5/c1-14-18-12-17(31-13-15-4-7-19(26)20(27)10-15)6-9-21(18)32-25(28)24(14)16-5-8-22(29-2)23(11-16)30-3/h4-12H,13H2,1-3H3. The summed E-state index contributed by atoms with van der Waals surface area (Å²) in [5, 5.41) is 1.75. The van der Waals surface area contributed by atoms with Crippen LogP contribution >= 0.6 is 23.2 Å². The Labute approximate surface area is 195 Å². The van der Waals surface area contributed by atoms with Crippen LogP contribution in [0, 0.1) is 6.92 Å². The van der Waals surface area contributed by atoms with E-state index in [-0.39, 0.29) is 0 Å². The fourth-order valence-electron chi connectivity index (χ4n) is 3.54. The Kier molecular flexibility index (Phi) is 6.31. The first kappa shape index (κ1) is 22.1. The third-order valence-corrected chi connectivity index (χ3v) is 5.94. The van der Waals surface area contributed by atoms with Gasteiger partial charge in [-0.2, -0.15) is 0 Å². The molecule has 0 atom stereocenters. The average molecular weight is 471 g/mol. The predicted octanol–water partition coefficient (Wildman–Crippen LogP) is 6.67. The van der Waals surface area contributed by atoms with E-state index >= 15 is 0 Å². The fraction of sp³-hybridized carbons (Fsp3) is 0.160. The molecule has 0 aliphatic heterocycles. The van der Waals surface area contributed by atoms with Crippen molar-refractivity contribution in [3.05, 3.63) is 86.2 Å². The van der Waals surface area contributed by atoms with E-state index in [1.807, 2.05) is 19.1 Å². The van der Waals surface area contributed by atoms with Crippen LogP contribution in [0.5, 0.6) is 17.2 Å². The first-order valence-corrected chi connectivity index (χ1v) is 10.5. The maximum Gasteiger partial charge on any atom is 0.344 e. The van der Waals surface area contributed by atoms with Gasteiger partial charge in [-0.05, 0) is 66.1 Å². The second-order valence-corrected chi connectivity index (χ2v) is 7.97. The zero-order valence-electron chi connectivity index (χ0n) is 17.7. The van der Waals surface area contributed by atoms with Gasteiger partial charge in [-0.15, -0.1) is 0 Å². The zero-order chi connectivity index (χ0) is 22.8. The fourth-order valence-corrected chi connectivity index (χ4v) is 3.86. The van der Waals surface area contributed by atoms with E-state index in [2.05, 4.69) is 0 Å². The summed E-state index contributed by atoms with van der Waals surface area (Å²) in [6.45, 7) is 2.20. The normalized spacial score (nSPS) is 10.9. The van der Waals surface area contributed by atoms with Crippen molar-refractivity contribution >= 4 is 34.2 Å². The first-order chi connectivity index (χ1) is 15.4. The van der Waals surface area contributed by atoms with Gasteiger partial charge in [0.15, 0.2) is 11.5 Å². The SMILES string of the molecule is COc1ccc(-c2c(C)c3cc(OCc4ccc(Cl)c(Cl)c4)ccc3oc2=O)cc1OC. The lowest BCUT2D eigenvalue weighted by Crippen LogP contribution is -2.06. The van der Waals surface area contributed by atoms with Crippen molar-refractivity contribution in [3.63, 3.8) is 0 Å². The smallest absolute Gasteiger partial charge is 0.344 e. The molecule has 3 aromatic carbocycles. The summed E-state index contributed by atoms with van der Waals surface area (Å²) in [7, 11) is 3.11. The molecule has 0 saturated carbocycles. The van der Waals surface area contributed by atoms with Crippen LogP contribution in [0.2, 0.25) is 10.0 Å². The molecule has 0 aliphatic carbocycles. The van der Waals surface area contributed by atoms with Gasteiger partial charge in [-0.1, -0.05) is 35.3 Å². The van der Waals surface area contributed by atoms with Gasteiger partial charge >= 0.3 is 5.63 Å². The van der Waals surface area contributed by atoms with Crippen LogP contribution in [0.3, 0.4) is 0 Å². The second-order valence-electron chi connectivity index (χ2n) is 7.15. The Morgan fingerprint density at radius 2 is 1.66 bits per heavy atom. The van der Waals surface area contributed by atoms with Crippen LogP contribution in [0.4, 0.5) is 0 Å². The van der Waals surface area contributed by atoms with Gasteiger partial charge in [0, 0.05) is 5.39 Å². The lowest BCUT2D eigenvalue weighted by molar-refractivity contribution is 0.306. The number of hydrogen-bond donors (Lipinski definition) is 0. The molecule has 0 radical (unpaired) electrons. The van der Waals surface area contributed by atoms with E-state index in [4.69, 9.17) is 41.8 Å². The molecule has 0 amide bonds. The molecule has 4 rings (SSSR count). The summed E-state index contributed by atoms with van der Waals surface area (Å²) in [4.78, 5) is 12.8. The van der Waals surface area contributed by atoms with Crippen molar-refractivity contribution in [2.24, 2.45) is 0 Å². The highest BCUT2D eigenvalue weighted by Gasteiger charge is 2.16. The van der Waals surface area contributed by atoms with Crippen molar-refractivity contribution in [1.29, 1.82) is 0 Å². The zero-order valence-corrected chi connectivity index (χ0v) is 19.2. The Hall–Kier alpha value is -3.15. The lowest BCUT2D eigenvalue weighted by Gasteiger charge is -2.13. The first-order valence-electron chi connectivity index (χ1n) is 9.78. The summed E-state index contributed by atoms with van der Waals surface area (Å²) >= 11 is 12.1. The van der Waals surface area contributed by atoms with Crippen molar-refractivity contribution in [1.82, 2.24) is 0 Å². The number of methoxy groups -OCH3 is 2. The summed E-state index contributed by atoms with van der Waals surface area (Å²) in [5.74, 6) is 1.75. The van der Waals surface area contributed by atoms with Crippen LogP contribution in [0.25, 0.3) is 22.1 Å². The summed E-state index contributed by atoms with van der Waals surface area (Å²) in [5.41, 5.74) is 2.87. The van der Waals surface area contributed by atoms with Crippen molar-refractivity contribution in [2.45, 2.75) is 13.5 Å². The summed E-state index contributed by atoms with van der Waals surface area (Å²) in [6, 6.07) is 16.0. The number of halogens is 2. The van der Waals surface area contributed by atoms with Gasteiger partial charge in [0.05, 0.1) is 29.8 Å². The maximum absolute atomic E-state index is 12.8. The molecule has 0 spiro atoms. The second kappa shape index (κ2) is 9.15. The third-order valence-electron chi connectivity index (χ3n) is 5.20. The minimum absolute atomic E-state index is 0.320. The molecule has 0 fully saturated rings.